The molecule has 1 N–H and O–H groups in total. The molecule has 0 heterocycles. The molecule has 0 radical (unpaired) electrons. The largest absolute Gasteiger partial charge is 0.352 e. The molecule has 1 atom stereocenters. The zero-order chi connectivity index (χ0) is 29.4. The van der Waals surface area contributed by atoms with Gasteiger partial charge >= 0.3 is 0 Å². The summed E-state index contributed by atoms with van der Waals surface area (Å²) < 4.78 is 28.9. The van der Waals surface area contributed by atoms with Crippen molar-refractivity contribution in [2.24, 2.45) is 0 Å². The van der Waals surface area contributed by atoms with Crippen LogP contribution in [0.1, 0.15) is 56.6 Å². The monoisotopic (exact) mass is 595 g/mol. The van der Waals surface area contributed by atoms with Crippen molar-refractivity contribution in [3.63, 3.8) is 0 Å². The Morgan fingerprint density at radius 2 is 1.56 bits per heavy atom. The third kappa shape index (κ3) is 7.49. The van der Waals surface area contributed by atoms with Gasteiger partial charge in [-0.15, -0.1) is 0 Å². The average molecular weight is 596 g/mol. The van der Waals surface area contributed by atoms with Gasteiger partial charge in [0.1, 0.15) is 12.6 Å². The van der Waals surface area contributed by atoms with Crippen LogP contribution in [0.3, 0.4) is 0 Å². The number of anilines is 1. The van der Waals surface area contributed by atoms with E-state index >= 15 is 0 Å². The van der Waals surface area contributed by atoms with E-state index < -0.39 is 28.5 Å². The van der Waals surface area contributed by atoms with Crippen molar-refractivity contribution in [1.82, 2.24) is 10.2 Å². The predicted molar refractivity (Wildman–Crippen MR) is 163 cm³/mol. The highest BCUT2D eigenvalue weighted by molar-refractivity contribution is 7.92. The van der Waals surface area contributed by atoms with E-state index in [0.717, 1.165) is 47.5 Å². The summed E-state index contributed by atoms with van der Waals surface area (Å²) in [5.41, 5.74) is 2.06. The van der Waals surface area contributed by atoms with Crippen LogP contribution in [0.25, 0.3) is 0 Å². The first kappa shape index (κ1) is 30.6. The first-order valence-corrected chi connectivity index (χ1v) is 16.0. The highest BCUT2D eigenvalue weighted by atomic mass is 35.5. The molecule has 3 aromatic carbocycles. The van der Waals surface area contributed by atoms with Crippen molar-refractivity contribution in [2.45, 2.75) is 75.9 Å². The quantitative estimate of drug-likeness (QED) is 0.290. The Hall–Kier alpha value is -3.36. The number of para-hydroxylation sites is 1. The maximum Gasteiger partial charge on any atom is 0.264 e. The lowest BCUT2D eigenvalue weighted by atomic mass is 9.95. The van der Waals surface area contributed by atoms with Gasteiger partial charge in [-0.25, -0.2) is 8.42 Å². The molecule has 7 nitrogen and oxygen atoms in total. The molecule has 0 unspecified atom stereocenters. The fourth-order valence-corrected chi connectivity index (χ4v) is 7.06. The molecule has 0 aromatic heterocycles. The van der Waals surface area contributed by atoms with Crippen LogP contribution in [0.4, 0.5) is 5.69 Å². The number of carbonyl (C=O) groups excluding carboxylic acids is 2. The van der Waals surface area contributed by atoms with Gasteiger partial charge in [0.25, 0.3) is 10.0 Å². The second-order valence-electron chi connectivity index (χ2n) is 10.5. The number of benzene rings is 3. The molecule has 1 aliphatic carbocycles. The summed E-state index contributed by atoms with van der Waals surface area (Å²) in [6.07, 6.45) is 5.52. The van der Waals surface area contributed by atoms with Crippen LogP contribution < -0.4 is 9.62 Å². The Bertz CT molecular complexity index is 1440. The lowest BCUT2D eigenvalue weighted by Crippen LogP contribution is -2.54. The molecule has 9 heteroatoms. The second kappa shape index (κ2) is 14.0. The molecule has 1 aliphatic rings. The third-order valence-corrected chi connectivity index (χ3v) is 9.76. The Morgan fingerprint density at radius 1 is 0.927 bits per heavy atom. The number of hydrogen-bond donors (Lipinski definition) is 1. The molecule has 0 bridgehead atoms. The fourth-order valence-electron chi connectivity index (χ4n) is 5.32. The summed E-state index contributed by atoms with van der Waals surface area (Å²) in [7, 11) is -4.16. The average Bonchev–Trinajstić information content (AvgIpc) is 2.98. The summed E-state index contributed by atoms with van der Waals surface area (Å²) in [5, 5.41) is 3.37. The van der Waals surface area contributed by atoms with Gasteiger partial charge in [0, 0.05) is 12.6 Å². The van der Waals surface area contributed by atoms with Crippen LogP contribution in [-0.2, 0) is 26.2 Å². The Balaban J connectivity index is 1.71. The van der Waals surface area contributed by atoms with Crippen LogP contribution >= 0.6 is 11.6 Å². The van der Waals surface area contributed by atoms with Crippen molar-refractivity contribution in [3.8, 4) is 0 Å². The van der Waals surface area contributed by atoms with E-state index in [9.17, 15) is 18.0 Å². The van der Waals surface area contributed by atoms with Gasteiger partial charge in [0.2, 0.25) is 11.8 Å². The highest BCUT2D eigenvalue weighted by Crippen LogP contribution is 2.31. The van der Waals surface area contributed by atoms with Crippen LogP contribution in [0.5, 0.6) is 0 Å². The Labute approximate surface area is 248 Å². The predicted octanol–water partition coefficient (Wildman–Crippen LogP) is 6.10. The van der Waals surface area contributed by atoms with Gasteiger partial charge in [-0.3, -0.25) is 13.9 Å². The van der Waals surface area contributed by atoms with E-state index in [1.165, 1.54) is 17.0 Å². The standard InChI is InChI=1S/C32H38ClN3O4S/c1-3-29(32(38)34-26-16-6-4-7-17-26)35(22-25-15-11-10-14-24(25)2)31(37)23-36(30-21-13-12-20-28(30)33)41(39,40)27-18-8-5-9-19-27/h5,8-15,18-21,26,29H,3-4,6-7,16-17,22-23H2,1-2H3,(H,34,38)/t29-/m0/s1. The second-order valence-corrected chi connectivity index (χ2v) is 12.8. The van der Waals surface area contributed by atoms with Crippen LogP contribution in [-0.4, -0.2) is 43.8 Å². The van der Waals surface area contributed by atoms with Gasteiger partial charge in [-0.05, 0) is 61.6 Å². The van der Waals surface area contributed by atoms with E-state index in [0.29, 0.717) is 6.42 Å². The van der Waals surface area contributed by atoms with Gasteiger partial charge in [0.05, 0.1) is 15.6 Å². The number of carbonyl (C=O) groups is 2. The van der Waals surface area contributed by atoms with E-state index in [4.69, 9.17) is 11.6 Å². The molecular formula is C32H38ClN3O4S. The van der Waals surface area contributed by atoms with Gasteiger partial charge in [-0.2, -0.15) is 0 Å². The number of halogens is 1. The van der Waals surface area contributed by atoms with E-state index in [-0.39, 0.29) is 34.1 Å². The Kier molecular flexibility index (Phi) is 10.5. The smallest absolute Gasteiger partial charge is 0.264 e. The van der Waals surface area contributed by atoms with Gasteiger partial charge < -0.3 is 10.2 Å². The summed E-state index contributed by atoms with van der Waals surface area (Å²) in [5.74, 6) is -0.699. The van der Waals surface area contributed by atoms with Crippen molar-refractivity contribution in [3.05, 3.63) is 95.0 Å². The van der Waals surface area contributed by atoms with Crippen LogP contribution in [0.15, 0.2) is 83.8 Å². The molecule has 1 saturated carbocycles. The van der Waals surface area contributed by atoms with Crippen molar-refractivity contribution in [1.29, 1.82) is 0 Å². The minimum Gasteiger partial charge on any atom is -0.352 e. The minimum absolute atomic E-state index is 0.0419. The topological polar surface area (TPSA) is 86.8 Å². The lowest BCUT2D eigenvalue weighted by molar-refractivity contribution is -0.140. The number of nitrogens with zero attached hydrogens (tertiary/aromatic N) is 2. The maximum absolute atomic E-state index is 14.2. The molecule has 41 heavy (non-hydrogen) atoms. The van der Waals surface area contributed by atoms with Crippen molar-refractivity contribution in [2.75, 3.05) is 10.8 Å². The van der Waals surface area contributed by atoms with Crippen molar-refractivity contribution >= 4 is 39.1 Å². The SMILES string of the molecule is CC[C@@H](C(=O)NC1CCCCC1)N(Cc1ccccc1C)C(=O)CN(c1ccccc1Cl)S(=O)(=O)c1ccccc1. The zero-order valence-electron chi connectivity index (χ0n) is 23.6. The Morgan fingerprint density at radius 3 is 2.22 bits per heavy atom. The van der Waals surface area contributed by atoms with E-state index in [2.05, 4.69) is 5.32 Å². The first-order valence-electron chi connectivity index (χ1n) is 14.2. The summed E-state index contributed by atoms with van der Waals surface area (Å²) in [6, 6.07) is 21.5. The normalized spacial score (nSPS) is 14.7. The summed E-state index contributed by atoms with van der Waals surface area (Å²) in [6.45, 7) is 3.48. The van der Waals surface area contributed by atoms with Crippen molar-refractivity contribution < 1.29 is 18.0 Å². The number of hydrogen-bond acceptors (Lipinski definition) is 4. The van der Waals surface area contributed by atoms with E-state index in [1.54, 1.807) is 42.5 Å². The molecular weight excluding hydrogens is 558 g/mol. The molecule has 0 aliphatic heterocycles. The zero-order valence-corrected chi connectivity index (χ0v) is 25.2. The van der Waals surface area contributed by atoms with Crippen LogP contribution in [0, 0.1) is 6.92 Å². The van der Waals surface area contributed by atoms with E-state index in [1.807, 2.05) is 38.1 Å². The number of nitrogens with one attached hydrogen (secondary N) is 1. The molecule has 3 aromatic rings. The fraction of sp³-hybridized carbons (Fsp3) is 0.375. The summed E-state index contributed by atoms with van der Waals surface area (Å²) >= 11 is 6.48. The molecule has 2 amide bonds. The van der Waals surface area contributed by atoms with Crippen LogP contribution in [0.2, 0.25) is 5.02 Å². The molecule has 1 fully saturated rings. The first-order chi connectivity index (χ1) is 19.7. The number of sulfonamides is 1. The molecule has 0 saturated heterocycles. The molecule has 4 rings (SSSR count). The third-order valence-electron chi connectivity index (χ3n) is 7.67. The lowest BCUT2D eigenvalue weighted by Gasteiger charge is -2.35. The molecule has 218 valence electrons. The number of rotatable bonds is 11. The highest BCUT2D eigenvalue weighted by Gasteiger charge is 2.35. The maximum atomic E-state index is 14.2. The van der Waals surface area contributed by atoms with Gasteiger partial charge in [-0.1, -0.05) is 92.4 Å². The number of amides is 2. The summed E-state index contributed by atoms with van der Waals surface area (Å²) in [4.78, 5) is 29.4. The minimum atomic E-state index is -4.16. The van der Waals surface area contributed by atoms with Gasteiger partial charge in [0.15, 0.2) is 0 Å². The molecule has 0 spiro atoms. The number of aryl methyl sites for hydroxylation is 1.